The van der Waals surface area contributed by atoms with Crippen molar-refractivity contribution in [3.8, 4) is 11.5 Å². The Morgan fingerprint density at radius 2 is 1.81 bits per heavy atom. The maximum Gasteiger partial charge on any atom is 0.226 e. The van der Waals surface area contributed by atoms with E-state index >= 15 is 0 Å². The van der Waals surface area contributed by atoms with Crippen LogP contribution in [0, 0.1) is 13.8 Å². The fourth-order valence-electron chi connectivity index (χ4n) is 2.97. The molecule has 0 radical (unpaired) electrons. The minimum atomic E-state index is -0.218. The summed E-state index contributed by atoms with van der Waals surface area (Å²) in [5.41, 5.74) is 1.47. The van der Waals surface area contributed by atoms with Crippen LogP contribution in [0.15, 0.2) is 18.2 Å². The number of aromatic nitrogens is 1. The molecule has 2 aromatic heterocycles. The Balaban J connectivity index is 1.40. The third-order valence-corrected chi connectivity index (χ3v) is 6.12. The molecule has 0 spiro atoms. The number of anilines is 1. The van der Waals surface area contributed by atoms with Gasteiger partial charge < -0.3 is 14.8 Å². The zero-order valence-corrected chi connectivity index (χ0v) is 16.6. The van der Waals surface area contributed by atoms with E-state index in [4.69, 9.17) is 9.47 Å². The van der Waals surface area contributed by atoms with Crippen LogP contribution in [0.2, 0.25) is 0 Å². The number of aryl methyl sites for hydroxylation is 2. The first kappa shape index (κ1) is 17.9. The lowest BCUT2D eigenvalue weighted by molar-refractivity contribution is -0.116. The maximum atomic E-state index is 12.3. The van der Waals surface area contributed by atoms with Gasteiger partial charge in [0.05, 0.1) is 10.2 Å². The Hall–Kier alpha value is -2.45. The molecular weight excluding hydrogens is 384 g/mol. The molecule has 4 rings (SSSR count). The second-order valence-corrected chi connectivity index (χ2v) is 8.77. The molecule has 1 aliphatic heterocycles. The lowest BCUT2D eigenvalue weighted by atomic mass is 10.1. The molecule has 0 aliphatic carbocycles. The van der Waals surface area contributed by atoms with Gasteiger partial charge in [-0.3, -0.25) is 9.59 Å². The first-order valence-electron chi connectivity index (χ1n) is 8.60. The summed E-state index contributed by atoms with van der Waals surface area (Å²) in [6.45, 7) is 4.95. The Morgan fingerprint density at radius 3 is 2.52 bits per heavy atom. The topological polar surface area (TPSA) is 77.5 Å². The molecule has 6 nitrogen and oxygen atoms in total. The van der Waals surface area contributed by atoms with Gasteiger partial charge in [0.2, 0.25) is 5.91 Å². The number of benzene rings is 1. The van der Waals surface area contributed by atoms with E-state index in [9.17, 15) is 9.59 Å². The zero-order chi connectivity index (χ0) is 19.0. The lowest BCUT2D eigenvalue weighted by Crippen LogP contribution is -2.15. The number of rotatable bonds is 5. The van der Waals surface area contributed by atoms with Gasteiger partial charge in [0.1, 0.15) is 13.2 Å². The normalized spacial score (nSPS) is 13.0. The number of nitrogens with zero attached hydrogens (tertiary/aromatic N) is 1. The number of hydrogen-bond acceptors (Lipinski definition) is 7. The summed E-state index contributed by atoms with van der Waals surface area (Å²) in [6.07, 6.45) is 0.315. The highest BCUT2D eigenvalue weighted by Crippen LogP contribution is 2.37. The third-order valence-electron chi connectivity index (χ3n) is 4.22. The number of nitrogens with one attached hydrogen (secondary N) is 1. The highest BCUT2D eigenvalue weighted by atomic mass is 32.1. The predicted octanol–water partition coefficient (Wildman–Crippen LogP) is 4.35. The van der Waals surface area contributed by atoms with Crippen LogP contribution in [-0.4, -0.2) is 29.9 Å². The molecule has 0 unspecified atom stereocenters. The summed E-state index contributed by atoms with van der Waals surface area (Å²) in [4.78, 5) is 31.1. The highest BCUT2D eigenvalue weighted by Gasteiger charge is 2.17. The Labute approximate surface area is 164 Å². The van der Waals surface area contributed by atoms with Gasteiger partial charge in [-0.25, -0.2) is 4.98 Å². The fourth-order valence-corrected chi connectivity index (χ4v) is 4.80. The Bertz CT molecular complexity index is 995. The molecule has 3 heterocycles. The standard InChI is InChI=1S/C19H18N2O4S2/c1-10-7-12(11(2)26-10)14(22)3-4-18(23)21-19-20-13-8-15-16(9-17(13)27-19)25-6-5-24-15/h7-9H,3-6H2,1-2H3,(H,20,21,23). The monoisotopic (exact) mass is 402 g/mol. The number of carbonyl (C=O) groups excluding carboxylic acids is 2. The maximum absolute atomic E-state index is 12.3. The molecule has 1 aromatic carbocycles. The Morgan fingerprint density at radius 1 is 1.07 bits per heavy atom. The van der Waals surface area contributed by atoms with Crippen LogP contribution in [0.25, 0.3) is 10.2 Å². The van der Waals surface area contributed by atoms with E-state index in [0.29, 0.717) is 29.8 Å². The van der Waals surface area contributed by atoms with Crippen LogP contribution in [0.1, 0.15) is 33.0 Å². The number of ether oxygens (including phenoxy) is 2. The third kappa shape index (κ3) is 3.81. The molecular formula is C19H18N2O4S2. The van der Waals surface area contributed by atoms with Gasteiger partial charge >= 0.3 is 0 Å². The summed E-state index contributed by atoms with van der Waals surface area (Å²) >= 11 is 2.97. The van der Waals surface area contributed by atoms with Gasteiger partial charge in [-0.05, 0) is 19.9 Å². The van der Waals surface area contributed by atoms with E-state index in [1.807, 2.05) is 32.0 Å². The number of ketones is 1. The quantitative estimate of drug-likeness (QED) is 0.642. The molecule has 3 aromatic rings. The molecule has 140 valence electrons. The van der Waals surface area contributed by atoms with Crippen molar-refractivity contribution in [2.75, 3.05) is 18.5 Å². The van der Waals surface area contributed by atoms with Crippen LogP contribution < -0.4 is 14.8 Å². The number of carbonyl (C=O) groups is 2. The van der Waals surface area contributed by atoms with Gasteiger partial charge in [0, 0.05) is 40.3 Å². The molecule has 1 N–H and O–H groups in total. The summed E-state index contributed by atoms with van der Waals surface area (Å²) < 4.78 is 12.0. The summed E-state index contributed by atoms with van der Waals surface area (Å²) in [6, 6.07) is 5.59. The minimum absolute atomic E-state index is 0.00160. The van der Waals surface area contributed by atoms with Crippen LogP contribution in [0.5, 0.6) is 11.5 Å². The van der Waals surface area contributed by atoms with Crippen molar-refractivity contribution in [1.29, 1.82) is 0 Å². The van der Waals surface area contributed by atoms with Gasteiger partial charge in [0.15, 0.2) is 22.4 Å². The van der Waals surface area contributed by atoms with Crippen molar-refractivity contribution >= 4 is 49.7 Å². The van der Waals surface area contributed by atoms with Crippen molar-refractivity contribution in [1.82, 2.24) is 4.98 Å². The predicted molar refractivity (Wildman–Crippen MR) is 107 cm³/mol. The van der Waals surface area contributed by atoms with Crippen molar-refractivity contribution in [3.05, 3.63) is 33.5 Å². The number of thiazole rings is 1. The van der Waals surface area contributed by atoms with Crippen LogP contribution in [0.4, 0.5) is 5.13 Å². The smallest absolute Gasteiger partial charge is 0.226 e. The molecule has 0 saturated carbocycles. The van der Waals surface area contributed by atoms with Gasteiger partial charge in [0.25, 0.3) is 0 Å². The van der Waals surface area contributed by atoms with Crippen molar-refractivity contribution in [2.24, 2.45) is 0 Å². The lowest BCUT2D eigenvalue weighted by Gasteiger charge is -2.17. The average molecular weight is 402 g/mol. The first-order chi connectivity index (χ1) is 13.0. The number of thiophene rings is 1. The average Bonchev–Trinajstić information content (AvgIpc) is 3.18. The largest absolute Gasteiger partial charge is 0.486 e. The molecule has 1 amide bonds. The number of Topliss-reactive ketones (excluding diaryl/α,β-unsaturated/α-hetero) is 1. The summed E-state index contributed by atoms with van der Waals surface area (Å²) in [5, 5.41) is 3.29. The number of hydrogen-bond donors (Lipinski definition) is 1. The van der Waals surface area contributed by atoms with Crippen molar-refractivity contribution in [3.63, 3.8) is 0 Å². The van der Waals surface area contributed by atoms with E-state index in [0.717, 1.165) is 25.5 Å². The van der Waals surface area contributed by atoms with Crippen molar-refractivity contribution < 1.29 is 19.1 Å². The van der Waals surface area contributed by atoms with Crippen LogP contribution >= 0.6 is 22.7 Å². The zero-order valence-electron chi connectivity index (χ0n) is 15.0. The molecule has 0 saturated heterocycles. The van der Waals surface area contributed by atoms with Crippen LogP contribution in [-0.2, 0) is 4.79 Å². The number of amides is 1. The summed E-state index contributed by atoms with van der Waals surface area (Å²) in [7, 11) is 0. The molecule has 0 atom stereocenters. The summed E-state index contributed by atoms with van der Waals surface area (Å²) in [5.74, 6) is 1.15. The van der Waals surface area contributed by atoms with Crippen LogP contribution in [0.3, 0.4) is 0 Å². The molecule has 27 heavy (non-hydrogen) atoms. The molecule has 0 fully saturated rings. The van der Waals surface area contributed by atoms with E-state index in [1.165, 1.54) is 11.3 Å². The van der Waals surface area contributed by atoms with E-state index < -0.39 is 0 Å². The Kier molecular flexibility index (Phi) is 4.84. The molecule has 8 heteroatoms. The van der Waals surface area contributed by atoms with E-state index in [2.05, 4.69) is 10.3 Å². The van der Waals surface area contributed by atoms with E-state index in [1.54, 1.807) is 11.3 Å². The van der Waals surface area contributed by atoms with E-state index in [-0.39, 0.29) is 24.5 Å². The van der Waals surface area contributed by atoms with Crippen molar-refractivity contribution in [2.45, 2.75) is 26.7 Å². The number of fused-ring (bicyclic) bond motifs is 2. The second-order valence-electron chi connectivity index (χ2n) is 6.28. The minimum Gasteiger partial charge on any atom is -0.486 e. The molecule has 0 bridgehead atoms. The van der Waals surface area contributed by atoms with Gasteiger partial charge in [-0.2, -0.15) is 0 Å². The van der Waals surface area contributed by atoms with Gasteiger partial charge in [-0.15, -0.1) is 11.3 Å². The SMILES string of the molecule is Cc1cc(C(=O)CCC(=O)Nc2nc3cc4c(cc3s2)OCCO4)c(C)s1. The first-order valence-corrected chi connectivity index (χ1v) is 10.2. The molecule has 1 aliphatic rings. The highest BCUT2D eigenvalue weighted by molar-refractivity contribution is 7.22. The fraction of sp³-hybridized carbons (Fsp3) is 0.316. The second kappa shape index (κ2) is 7.28. The van der Waals surface area contributed by atoms with Gasteiger partial charge in [-0.1, -0.05) is 11.3 Å².